The number of nitrogens with zero attached hydrogens (tertiary/aromatic N) is 8. The number of hydrogen-bond donors (Lipinski definition) is 0. The average molecular weight is 627 g/mol. The fraction of sp³-hybridized carbons (Fsp3) is 0.412. The molecule has 1 unspecified atom stereocenters. The summed E-state index contributed by atoms with van der Waals surface area (Å²) in [6, 6.07) is 14.4. The average Bonchev–Trinajstić information content (AvgIpc) is 3.80. The Balaban J connectivity index is 1.11. The van der Waals surface area contributed by atoms with Gasteiger partial charge < -0.3 is 23.8 Å². The summed E-state index contributed by atoms with van der Waals surface area (Å²) in [7, 11) is 3.52. The lowest BCUT2D eigenvalue weighted by atomic mass is 10.1. The summed E-state index contributed by atoms with van der Waals surface area (Å²) in [6.45, 7) is 7.63. The van der Waals surface area contributed by atoms with Crippen molar-refractivity contribution < 1.29 is 18.7 Å². The molecule has 2 aromatic carbocycles. The zero-order valence-electron chi connectivity index (χ0n) is 26.6. The number of ether oxygens (including phenoxy) is 2. The third-order valence-corrected chi connectivity index (χ3v) is 9.02. The molecule has 240 valence electrons. The van der Waals surface area contributed by atoms with E-state index in [1.54, 1.807) is 18.2 Å². The molecule has 0 N–H and O–H groups in total. The normalized spacial score (nSPS) is 16.9. The van der Waals surface area contributed by atoms with Gasteiger partial charge in [-0.3, -0.25) is 9.58 Å². The van der Waals surface area contributed by atoms with Gasteiger partial charge in [0.2, 0.25) is 5.88 Å². The molecule has 0 amide bonds. The number of nitriles is 1. The van der Waals surface area contributed by atoms with E-state index in [0.717, 1.165) is 49.5 Å². The summed E-state index contributed by atoms with van der Waals surface area (Å²) in [5, 5.41) is 13.6. The smallest absolute Gasteiger partial charge is 0.337 e. The minimum Gasteiger partial charge on any atom is -0.472 e. The van der Waals surface area contributed by atoms with Crippen LogP contribution in [0.2, 0.25) is 0 Å². The van der Waals surface area contributed by atoms with Crippen molar-refractivity contribution >= 4 is 17.3 Å². The van der Waals surface area contributed by atoms with E-state index >= 15 is 0 Å². The molecule has 6 rings (SSSR count). The van der Waals surface area contributed by atoms with Gasteiger partial charge in [-0.15, -0.1) is 5.10 Å². The number of halogens is 1. The molecule has 1 fully saturated rings. The second-order valence-corrected chi connectivity index (χ2v) is 12.2. The van der Waals surface area contributed by atoms with Crippen molar-refractivity contribution in [1.29, 1.82) is 5.26 Å². The maximum Gasteiger partial charge on any atom is 0.337 e. The summed E-state index contributed by atoms with van der Waals surface area (Å²) >= 11 is 0. The zero-order valence-corrected chi connectivity index (χ0v) is 26.6. The number of rotatable bonds is 10. The van der Waals surface area contributed by atoms with E-state index in [-0.39, 0.29) is 36.4 Å². The van der Waals surface area contributed by atoms with Crippen molar-refractivity contribution in [3.05, 3.63) is 89.4 Å². The Hall–Kier alpha value is -4.89. The largest absolute Gasteiger partial charge is 0.472 e. The van der Waals surface area contributed by atoms with Gasteiger partial charge in [-0.25, -0.2) is 14.2 Å². The van der Waals surface area contributed by atoms with Gasteiger partial charge in [-0.2, -0.15) is 5.26 Å². The fourth-order valence-electron chi connectivity index (χ4n) is 6.42. The highest BCUT2D eigenvalue weighted by molar-refractivity contribution is 5.93. The molecule has 2 aliphatic rings. The molecular weight excluding hydrogens is 587 g/mol. The van der Waals surface area contributed by atoms with E-state index in [9.17, 15) is 9.18 Å². The maximum atomic E-state index is 14.3. The molecule has 11 nitrogen and oxygen atoms in total. The van der Waals surface area contributed by atoms with Gasteiger partial charge in [-0.1, -0.05) is 6.07 Å². The number of fused-ring (bicyclic) bond motifs is 1. The van der Waals surface area contributed by atoms with E-state index in [2.05, 4.69) is 50.2 Å². The van der Waals surface area contributed by atoms with Crippen LogP contribution in [0.3, 0.4) is 0 Å². The van der Waals surface area contributed by atoms with Gasteiger partial charge >= 0.3 is 5.97 Å². The topological polar surface area (TPSA) is 105 Å². The monoisotopic (exact) mass is 626 g/mol. The quantitative estimate of drug-likeness (QED) is 0.221. The second-order valence-electron chi connectivity index (χ2n) is 12.2. The first-order valence-corrected chi connectivity index (χ1v) is 15.6. The van der Waals surface area contributed by atoms with Crippen molar-refractivity contribution in [3.8, 4) is 11.9 Å². The van der Waals surface area contributed by atoms with Crippen molar-refractivity contribution in [1.82, 2.24) is 24.2 Å². The first kappa shape index (κ1) is 31.1. The SMILES string of the molecule is COC(=O)c1ccc2c(c1)N(Cc1cncn1C(C)C)C(CN1CCC(n3ccc(OCc4ccc(C#N)cc4F)n3)CC1)N2C. The summed E-state index contributed by atoms with van der Waals surface area (Å²) in [5.41, 5.74) is 4.38. The van der Waals surface area contributed by atoms with E-state index < -0.39 is 5.82 Å². The molecule has 2 aromatic heterocycles. The van der Waals surface area contributed by atoms with Crippen LogP contribution in [0.15, 0.2) is 61.2 Å². The molecule has 0 aliphatic carbocycles. The molecule has 2 aliphatic heterocycles. The summed E-state index contributed by atoms with van der Waals surface area (Å²) < 4.78 is 29.2. The third kappa shape index (κ3) is 6.28. The first-order valence-electron chi connectivity index (χ1n) is 15.6. The number of esters is 1. The van der Waals surface area contributed by atoms with Crippen LogP contribution >= 0.6 is 0 Å². The Morgan fingerprint density at radius 2 is 1.93 bits per heavy atom. The molecule has 46 heavy (non-hydrogen) atoms. The number of anilines is 2. The predicted octanol–water partition coefficient (Wildman–Crippen LogP) is 5.16. The number of benzene rings is 2. The summed E-state index contributed by atoms with van der Waals surface area (Å²) in [5.74, 6) is -0.370. The van der Waals surface area contributed by atoms with Crippen molar-refractivity contribution in [2.24, 2.45) is 0 Å². The number of methoxy groups -OCH3 is 1. The Kier molecular flexibility index (Phi) is 8.94. The van der Waals surface area contributed by atoms with Crippen molar-refractivity contribution in [2.45, 2.75) is 58.1 Å². The van der Waals surface area contributed by atoms with Crippen LogP contribution in [0.25, 0.3) is 0 Å². The third-order valence-electron chi connectivity index (χ3n) is 9.02. The van der Waals surface area contributed by atoms with Gasteiger partial charge in [0, 0.05) is 56.7 Å². The molecule has 0 radical (unpaired) electrons. The highest BCUT2D eigenvalue weighted by atomic mass is 19.1. The molecular formula is C34H39FN8O3. The van der Waals surface area contributed by atoms with E-state index in [1.165, 1.54) is 13.2 Å². The highest BCUT2D eigenvalue weighted by Crippen LogP contribution is 2.41. The number of carbonyl (C=O) groups is 1. The van der Waals surface area contributed by atoms with Gasteiger partial charge in [0.05, 0.1) is 60.3 Å². The number of imidazole rings is 1. The fourth-order valence-corrected chi connectivity index (χ4v) is 6.42. The maximum absolute atomic E-state index is 14.3. The molecule has 12 heteroatoms. The lowest BCUT2D eigenvalue weighted by Gasteiger charge is -2.38. The number of carbonyl (C=O) groups excluding carboxylic acids is 1. The van der Waals surface area contributed by atoms with Crippen LogP contribution in [-0.4, -0.2) is 70.2 Å². The Morgan fingerprint density at radius 3 is 2.65 bits per heavy atom. The number of piperidine rings is 1. The van der Waals surface area contributed by atoms with Crippen molar-refractivity contribution in [2.75, 3.05) is 43.6 Å². The minimum absolute atomic E-state index is 0.0415. The molecule has 0 saturated carbocycles. The number of aromatic nitrogens is 4. The lowest BCUT2D eigenvalue weighted by molar-refractivity contribution is 0.0600. The number of likely N-dealkylation sites (N-methyl/N-ethyl adjacent to an activating group) is 1. The summed E-state index contributed by atoms with van der Waals surface area (Å²) in [6.07, 6.45) is 7.64. The summed E-state index contributed by atoms with van der Waals surface area (Å²) in [4.78, 5) is 24.0. The zero-order chi connectivity index (χ0) is 32.4. The van der Waals surface area contributed by atoms with Crippen LogP contribution in [-0.2, 0) is 17.9 Å². The van der Waals surface area contributed by atoms with Gasteiger partial charge in [0.25, 0.3) is 0 Å². The molecule has 4 aromatic rings. The number of likely N-dealkylation sites (tertiary alicyclic amines) is 1. The van der Waals surface area contributed by atoms with Crippen LogP contribution in [0.4, 0.5) is 15.8 Å². The van der Waals surface area contributed by atoms with Crippen LogP contribution < -0.4 is 14.5 Å². The van der Waals surface area contributed by atoms with Gasteiger partial charge in [-0.05, 0) is 57.0 Å². The van der Waals surface area contributed by atoms with Gasteiger partial charge in [0.1, 0.15) is 18.6 Å². The standard InChI is InChI=1S/C34H39FN8O3/c1-23(2)42-22-37-18-28(42)19-41-31-16-25(34(44)45-4)7-8-30(31)39(3)33(41)20-40-12-9-27(10-13-40)43-14-11-32(38-43)46-21-26-6-5-24(17-36)15-29(26)35/h5-8,11,14-16,18,22-23,27,33H,9-10,12-13,19-21H2,1-4H3. The minimum atomic E-state index is -0.463. The Labute approximate surface area is 268 Å². The highest BCUT2D eigenvalue weighted by Gasteiger charge is 2.37. The molecule has 1 saturated heterocycles. The van der Waals surface area contributed by atoms with E-state index in [4.69, 9.17) is 14.7 Å². The predicted molar refractivity (Wildman–Crippen MR) is 171 cm³/mol. The number of hydrogen-bond acceptors (Lipinski definition) is 9. The lowest BCUT2D eigenvalue weighted by Crippen LogP contribution is -2.51. The van der Waals surface area contributed by atoms with Crippen molar-refractivity contribution in [3.63, 3.8) is 0 Å². The Bertz CT molecular complexity index is 1740. The Morgan fingerprint density at radius 1 is 1.13 bits per heavy atom. The van der Waals surface area contributed by atoms with Crippen LogP contribution in [0.1, 0.15) is 66.0 Å². The van der Waals surface area contributed by atoms with Crippen LogP contribution in [0, 0.1) is 17.1 Å². The van der Waals surface area contributed by atoms with Gasteiger partial charge in [0.15, 0.2) is 0 Å². The van der Waals surface area contributed by atoms with E-state index in [0.29, 0.717) is 23.6 Å². The molecule has 0 bridgehead atoms. The first-order chi connectivity index (χ1) is 22.2. The molecule has 1 atom stereocenters. The second kappa shape index (κ2) is 13.2. The molecule has 4 heterocycles. The molecule has 0 spiro atoms. The van der Waals surface area contributed by atoms with Crippen LogP contribution in [0.5, 0.6) is 5.88 Å². The van der Waals surface area contributed by atoms with E-state index in [1.807, 2.05) is 47.7 Å².